The van der Waals surface area contributed by atoms with Crippen molar-refractivity contribution in [2.75, 3.05) is 25.1 Å². The fourth-order valence-corrected chi connectivity index (χ4v) is 2.04. The highest BCUT2D eigenvalue weighted by atomic mass is 19.1. The lowest BCUT2D eigenvalue weighted by Gasteiger charge is -2.34. The van der Waals surface area contributed by atoms with Gasteiger partial charge in [-0.25, -0.2) is 9.18 Å². The molecule has 1 aliphatic rings. The zero-order valence-electron chi connectivity index (χ0n) is 10.7. The van der Waals surface area contributed by atoms with E-state index in [-0.39, 0.29) is 25.3 Å². The molecule has 0 aromatic heterocycles. The maximum absolute atomic E-state index is 13.5. The van der Waals surface area contributed by atoms with Crippen LogP contribution in [0.2, 0.25) is 0 Å². The van der Waals surface area contributed by atoms with Gasteiger partial charge in [0.15, 0.2) is 0 Å². The van der Waals surface area contributed by atoms with Crippen molar-refractivity contribution in [1.29, 1.82) is 0 Å². The van der Waals surface area contributed by atoms with Crippen molar-refractivity contribution in [2.24, 2.45) is 0 Å². The number of carboxylic acids is 1. The predicted octanol–water partition coefficient (Wildman–Crippen LogP) is 1.53. The first-order chi connectivity index (χ1) is 9.58. The number of benzene rings is 1. The number of nitrogens with zero attached hydrogens (tertiary/aromatic N) is 1. The van der Waals surface area contributed by atoms with Crippen LogP contribution in [0.15, 0.2) is 24.3 Å². The van der Waals surface area contributed by atoms with Crippen LogP contribution in [0.25, 0.3) is 0 Å². The summed E-state index contributed by atoms with van der Waals surface area (Å²) in [7, 11) is 0. The number of anilines is 1. The van der Waals surface area contributed by atoms with Gasteiger partial charge >= 0.3 is 12.0 Å². The average molecular weight is 282 g/mol. The molecule has 0 spiro atoms. The number of carbonyl (C=O) groups excluding carboxylic acids is 1. The van der Waals surface area contributed by atoms with E-state index in [2.05, 4.69) is 5.32 Å². The molecule has 2 rings (SSSR count). The summed E-state index contributed by atoms with van der Waals surface area (Å²) in [6, 6.07) is 4.74. The Morgan fingerprint density at radius 2 is 2.20 bits per heavy atom. The molecule has 2 amide bonds. The zero-order valence-corrected chi connectivity index (χ0v) is 10.7. The summed E-state index contributed by atoms with van der Waals surface area (Å²) in [4.78, 5) is 24.3. The Labute approximate surface area is 115 Å². The minimum absolute atomic E-state index is 0.0677. The van der Waals surface area contributed by atoms with E-state index in [0.717, 1.165) is 0 Å². The molecule has 0 bridgehead atoms. The third kappa shape index (κ3) is 3.45. The molecule has 108 valence electrons. The van der Waals surface area contributed by atoms with Crippen LogP contribution in [0, 0.1) is 5.82 Å². The second-order valence-corrected chi connectivity index (χ2v) is 4.43. The molecule has 2 N–H and O–H groups in total. The lowest BCUT2D eigenvalue weighted by molar-refractivity contribution is -0.139. The standard InChI is InChI=1S/C13H15FN2O4/c14-10-3-1-2-4-11(10)15-13(19)16-5-6-20-8-9(16)7-12(17)18/h1-4,9H,5-8H2,(H,15,19)(H,17,18). The quantitative estimate of drug-likeness (QED) is 0.881. The van der Waals surface area contributed by atoms with Crippen molar-refractivity contribution < 1.29 is 23.8 Å². The van der Waals surface area contributed by atoms with Crippen LogP contribution in [-0.4, -0.2) is 47.8 Å². The number of rotatable bonds is 3. The van der Waals surface area contributed by atoms with Crippen molar-refractivity contribution in [3.05, 3.63) is 30.1 Å². The molecule has 1 fully saturated rings. The summed E-state index contributed by atoms with van der Waals surface area (Å²) in [5.41, 5.74) is 0.0677. The van der Waals surface area contributed by atoms with Gasteiger partial charge in [0, 0.05) is 6.54 Å². The SMILES string of the molecule is O=C(O)CC1COCCN1C(=O)Nc1ccccc1F. The minimum atomic E-state index is -1.01. The normalized spacial score (nSPS) is 18.6. The van der Waals surface area contributed by atoms with Crippen molar-refractivity contribution in [3.8, 4) is 0 Å². The van der Waals surface area contributed by atoms with Gasteiger partial charge in [0.05, 0.1) is 31.4 Å². The van der Waals surface area contributed by atoms with Gasteiger partial charge in [-0.2, -0.15) is 0 Å². The van der Waals surface area contributed by atoms with E-state index in [1.165, 1.54) is 23.1 Å². The predicted molar refractivity (Wildman–Crippen MR) is 69.0 cm³/mol. The number of urea groups is 1. The van der Waals surface area contributed by atoms with Crippen molar-refractivity contribution in [3.63, 3.8) is 0 Å². The van der Waals surface area contributed by atoms with E-state index < -0.39 is 23.9 Å². The number of carbonyl (C=O) groups is 2. The molecule has 0 aliphatic carbocycles. The molecule has 20 heavy (non-hydrogen) atoms. The van der Waals surface area contributed by atoms with E-state index >= 15 is 0 Å². The van der Waals surface area contributed by atoms with Gasteiger partial charge in [0.1, 0.15) is 5.82 Å². The molecular weight excluding hydrogens is 267 g/mol. The van der Waals surface area contributed by atoms with Gasteiger partial charge in [-0.05, 0) is 12.1 Å². The summed E-state index contributed by atoms with van der Waals surface area (Å²) in [5, 5.41) is 11.3. The van der Waals surface area contributed by atoms with Gasteiger partial charge in [-0.1, -0.05) is 12.1 Å². The Kier molecular flexibility index (Phi) is 4.52. The molecule has 1 aromatic carbocycles. The highest BCUT2D eigenvalue weighted by Gasteiger charge is 2.29. The fraction of sp³-hybridized carbons (Fsp3) is 0.385. The smallest absolute Gasteiger partial charge is 0.322 e. The molecule has 1 saturated heterocycles. The fourth-order valence-electron chi connectivity index (χ4n) is 2.04. The number of aliphatic carboxylic acids is 1. The number of para-hydroxylation sites is 1. The molecule has 0 saturated carbocycles. The number of carboxylic acid groups (broad SMARTS) is 1. The first-order valence-electron chi connectivity index (χ1n) is 6.19. The Hall–Kier alpha value is -2.15. The summed E-state index contributed by atoms with van der Waals surface area (Å²) in [5.74, 6) is -1.55. The third-order valence-electron chi connectivity index (χ3n) is 3.01. The van der Waals surface area contributed by atoms with E-state index in [9.17, 15) is 14.0 Å². The number of ether oxygens (including phenoxy) is 1. The van der Waals surface area contributed by atoms with Crippen LogP contribution >= 0.6 is 0 Å². The van der Waals surface area contributed by atoms with Crippen molar-refractivity contribution in [2.45, 2.75) is 12.5 Å². The largest absolute Gasteiger partial charge is 0.481 e. The average Bonchev–Trinajstić information content (AvgIpc) is 2.41. The van der Waals surface area contributed by atoms with Gasteiger partial charge in [0.2, 0.25) is 0 Å². The van der Waals surface area contributed by atoms with E-state index in [0.29, 0.717) is 6.61 Å². The van der Waals surface area contributed by atoms with E-state index in [1.807, 2.05) is 0 Å². The van der Waals surface area contributed by atoms with Crippen LogP contribution in [0.4, 0.5) is 14.9 Å². The Morgan fingerprint density at radius 3 is 2.90 bits per heavy atom. The van der Waals surface area contributed by atoms with Gasteiger partial charge < -0.3 is 20.1 Å². The Balaban J connectivity index is 2.06. The molecule has 1 aromatic rings. The lowest BCUT2D eigenvalue weighted by atomic mass is 10.1. The molecule has 7 heteroatoms. The molecule has 6 nitrogen and oxygen atoms in total. The van der Waals surface area contributed by atoms with Crippen LogP contribution in [-0.2, 0) is 9.53 Å². The number of morpholine rings is 1. The summed E-state index contributed by atoms with van der Waals surface area (Å²) < 4.78 is 18.7. The summed E-state index contributed by atoms with van der Waals surface area (Å²) >= 11 is 0. The van der Waals surface area contributed by atoms with Crippen LogP contribution in [0.3, 0.4) is 0 Å². The molecule has 1 heterocycles. The second-order valence-electron chi connectivity index (χ2n) is 4.43. The van der Waals surface area contributed by atoms with E-state index in [1.54, 1.807) is 6.07 Å². The Bertz CT molecular complexity index is 509. The summed E-state index contributed by atoms with van der Waals surface area (Å²) in [6.07, 6.45) is -0.204. The number of hydrogen-bond donors (Lipinski definition) is 2. The van der Waals surface area contributed by atoms with Gasteiger partial charge in [-0.15, -0.1) is 0 Å². The number of amides is 2. The lowest BCUT2D eigenvalue weighted by Crippen LogP contribution is -2.51. The van der Waals surface area contributed by atoms with Crippen molar-refractivity contribution >= 4 is 17.7 Å². The second kappa shape index (κ2) is 6.33. The highest BCUT2D eigenvalue weighted by Crippen LogP contribution is 2.16. The zero-order chi connectivity index (χ0) is 14.5. The van der Waals surface area contributed by atoms with Gasteiger partial charge in [-0.3, -0.25) is 4.79 Å². The molecule has 1 aliphatic heterocycles. The van der Waals surface area contributed by atoms with Crippen LogP contribution in [0.5, 0.6) is 0 Å². The van der Waals surface area contributed by atoms with Crippen LogP contribution in [0.1, 0.15) is 6.42 Å². The number of halogens is 1. The molecule has 0 radical (unpaired) electrons. The molecule has 1 atom stereocenters. The first kappa shape index (κ1) is 14.3. The maximum atomic E-state index is 13.5. The van der Waals surface area contributed by atoms with Crippen molar-refractivity contribution in [1.82, 2.24) is 4.90 Å². The Morgan fingerprint density at radius 1 is 1.45 bits per heavy atom. The monoisotopic (exact) mass is 282 g/mol. The highest BCUT2D eigenvalue weighted by molar-refractivity contribution is 5.90. The van der Waals surface area contributed by atoms with Gasteiger partial charge in [0.25, 0.3) is 0 Å². The minimum Gasteiger partial charge on any atom is -0.481 e. The topological polar surface area (TPSA) is 78.9 Å². The number of hydrogen-bond acceptors (Lipinski definition) is 3. The van der Waals surface area contributed by atoms with Crippen LogP contribution < -0.4 is 5.32 Å². The first-order valence-corrected chi connectivity index (χ1v) is 6.19. The maximum Gasteiger partial charge on any atom is 0.322 e. The number of nitrogens with one attached hydrogen (secondary N) is 1. The third-order valence-corrected chi connectivity index (χ3v) is 3.01. The molecule has 1 unspecified atom stereocenters. The summed E-state index contributed by atoms with van der Waals surface area (Å²) in [6.45, 7) is 0.774. The molecular formula is C13H15FN2O4. The van der Waals surface area contributed by atoms with E-state index in [4.69, 9.17) is 9.84 Å².